The van der Waals surface area contributed by atoms with E-state index in [4.69, 9.17) is 11.6 Å². The standard InChI is InChI=1S/C16H15BrClNO/c1-10-6-7-12(8-11(10)2)9-15(20)19-14-5-3-4-13(18)16(14)17/h3-8H,9H2,1-2H3,(H,19,20). The van der Waals surface area contributed by atoms with Crippen LogP contribution in [0, 0.1) is 13.8 Å². The Labute approximate surface area is 132 Å². The van der Waals surface area contributed by atoms with E-state index in [-0.39, 0.29) is 5.91 Å². The van der Waals surface area contributed by atoms with Crippen molar-refractivity contribution in [3.8, 4) is 0 Å². The third kappa shape index (κ3) is 3.62. The van der Waals surface area contributed by atoms with E-state index in [1.54, 1.807) is 12.1 Å². The molecule has 0 atom stereocenters. The van der Waals surface area contributed by atoms with Crippen LogP contribution in [0.5, 0.6) is 0 Å². The summed E-state index contributed by atoms with van der Waals surface area (Å²) >= 11 is 9.37. The molecule has 0 saturated heterocycles. The molecule has 0 aliphatic carbocycles. The number of hydrogen-bond acceptors (Lipinski definition) is 1. The summed E-state index contributed by atoms with van der Waals surface area (Å²) in [6.07, 6.45) is 0.347. The van der Waals surface area contributed by atoms with Crippen LogP contribution in [0.3, 0.4) is 0 Å². The fourth-order valence-corrected chi connectivity index (χ4v) is 2.43. The smallest absolute Gasteiger partial charge is 0.228 e. The Hall–Kier alpha value is -1.32. The Balaban J connectivity index is 2.09. The molecule has 0 aliphatic rings. The van der Waals surface area contributed by atoms with Gasteiger partial charge in [0.1, 0.15) is 0 Å². The maximum absolute atomic E-state index is 12.1. The number of halogens is 2. The van der Waals surface area contributed by atoms with Crippen molar-refractivity contribution in [3.05, 3.63) is 62.6 Å². The first-order valence-electron chi connectivity index (χ1n) is 6.27. The molecule has 0 fully saturated rings. The molecule has 20 heavy (non-hydrogen) atoms. The monoisotopic (exact) mass is 351 g/mol. The van der Waals surface area contributed by atoms with Gasteiger partial charge in [-0.05, 0) is 58.6 Å². The molecule has 1 N–H and O–H groups in total. The lowest BCUT2D eigenvalue weighted by Crippen LogP contribution is -2.14. The number of amides is 1. The van der Waals surface area contributed by atoms with Crippen LogP contribution in [0.1, 0.15) is 16.7 Å². The molecule has 0 bridgehead atoms. The highest BCUT2D eigenvalue weighted by Crippen LogP contribution is 2.30. The minimum Gasteiger partial charge on any atom is -0.325 e. The Morgan fingerprint density at radius 2 is 1.95 bits per heavy atom. The first-order valence-corrected chi connectivity index (χ1v) is 7.44. The van der Waals surface area contributed by atoms with Crippen LogP contribution in [-0.2, 0) is 11.2 Å². The predicted octanol–water partition coefficient (Wildman–Crippen LogP) is 4.90. The Morgan fingerprint density at radius 3 is 2.65 bits per heavy atom. The molecule has 2 aromatic rings. The molecule has 0 aromatic heterocycles. The van der Waals surface area contributed by atoms with Crippen molar-refractivity contribution in [1.82, 2.24) is 0 Å². The van der Waals surface area contributed by atoms with E-state index < -0.39 is 0 Å². The summed E-state index contributed by atoms with van der Waals surface area (Å²) in [5.74, 6) is -0.0591. The first kappa shape index (κ1) is 15.1. The number of aryl methyl sites for hydroxylation is 2. The number of benzene rings is 2. The second-order valence-electron chi connectivity index (χ2n) is 4.74. The summed E-state index contributed by atoms with van der Waals surface area (Å²) in [5, 5.41) is 3.44. The first-order chi connectivity index (χ1) is 9.47. The van der Waals surface area contributed by atoms with Crippen molar-refractivity contribution in [1.29, 1.82) is 0 Å². The molecule has 1 amide bonds. The molecule has 0 aliphatic heterocycles. The molecule has 0 heterocycles. The molecule has 2 aromatic carbocycles. The lowest BCUT2D eigenvalue weighted by atomic mass is 10.0. The predicted molar refractivity (Wildman–Crippen MR) is 87.4 cm³/mol. The number of rotatable bonds is 3. The normalized spacial score (nSPS) is 10.4. The fraction of sp³-hybridized carbons (Fsp3) is 0.188. The SMILES string of the molecule is Cc1ccc(CC(=O)Nc2cccc(Cl)c2Br)cc1C. The highest BCUT2D eigenvalue weighted by Gasteiger charge is 2.09. The van der Waals surface area contributed by atoms with Gasteiger partial charge in [0.2, 0.25) is 5.91 Å². The van der Waals surface area contributed by atoms with Crippen molar-refractivity contribution >= 4 is 39.1 Å². The zero-order valence-electron chi connectivity index (χ0n) is 11.3. The Kier molecular flexibility index (Phi) is 4.84. The van der Waals surface area contributed by atoms with Gasteiger partial charge in [-0.25, -0.2) is 0 Å². The average molecular weight is 353 g/mol. The van der Waals surface area contributed by atoms with Crippen LogP contribution in [-0.4, -0.2) is 5.91 Å². The van der Waals surface area contributed by atoms with E-state index in [1.165, 1.54) is 11.1 Å². The number of nitrogens with one attached hydrogen (secondary N) is 1. The molecule has 0 unspecified atom stereocenters. The van der Waals surface area contributed by atoms with Gasteiger partial charge in [0.15, 0.2) is 0 Å². The number of carbonyl (C=O) groups excluding carboxylic acids is 1. The van der Waals surface area contributed by atoms with Crippen LogP contribution in [0.25, 0.3) is 0 Å². The highest BCUT2D eigenvalue weighted by atomic mass is 79.9. The van der Waals surface area contributed by atoms with Gasteiger partial charge >= 0.3 is 0 Å². The van der Waals surface area contributed by atoms with Crippen molar-refractivity contribution in [2.75, 3.05) is 5.32 Å². The summed E-state index contributed by atoms with van der Waals surface area (Å²) in [7, 11) is 0. The fourth-order valence-electron chi connectivity index (χ4n) is 1.89. The Bertz CT molecular complexity index is 655. The maximum atomic E-state index is 12.1. The largest absolute Gasteiger partial charge is 0.325 e. The molecule has 2 rings (SSSR count). The molecular weight excluding hydrogens is 338 g/mol. The van der Waals surface area contributed by atoms with Crippen LogP contribution < -0.4 is 5.32 Å². The molecule has 0 radical (unpaired) electrons. The van der Waals surface area contributed by atoms with Crippen LogP contribution in [0.2, 0.25) is 5.02 Å². The molecule has 2 nitrogen and oxygen atoms in total. The van der Waals surface area contributed by atoms with E-state index >= 15 is 0 Å². The average Bonchev–Trinajstić information content (AvgIpc) is 2.39. The van der Waals surface area contributed by atoms with Crippen molar-refractivity contribution < 1.29 is 4.79 Å². The molecular formula is C16H15BrClNO. The van der Waals surface area contributed by atoms with Gasteiger partial charge in [0.25, 0.3) is 0 Å². The molecule has 0 spiro atoms. The minimum absolute atomic E-state index is 0.0591. The van der Waals surface area contributed by atoms with E-state index in [1.807, 2.05) is 31.2 Å². The maximum Gasteiger partial charge on any atom is 0.228 e. The van der Waals surface area contributed by atoms with Gasteiger partial charge in [-0.2, -0.15) is 0 Å². The van der Waals surface area contributed by atoms with Gasteiger partial charge in [-0.3, -0.25) is 4.79 Å². The summed E-state index contributed by atoms with van der Waals surface area (Å²) < 4.78 is 0.704. The van der Waals surface area contributed by atoms with Crippen molar-refractivity contribution in [3.63, 3.8) is 0 Å². The van der Waals surface area contributed by atoms with Crippen LogP contribution >= 0.6 is 27.5 Å². The van der Waals surface area contributed by atoms with Gasteiger partial charge in [-0.1, -0.05) is 35.9 Å². The summed E-state index contributed by atoms with van der Waals surface area (Å²) in [4.78, 5) is 12.1. The highest BCUT2D eigenvalue weighted by molar-refractivity contribution is 9.10. The van der Waals surface area contributed by atoms with Gasteiger partial charge in [0, 0.05) is 0 Å². The van der Waals surface area contributed by atoms with E-state index in [0.29, 0.717) is 21.6 Å². The summed E-state index contributed by atoms with van der Waals surface area (Å²) in [6.45, 7) is 4.10. The molecule has 4 heteroatoms. The van der Waals surface area contributed by atoms with Gasteiger partial charge < -0.3 is 5.32 Å². The zero-order chi connectivity index (χ0) is 14.7. The third-order valence-corrected chi connectivity index (χ3v) is 4.56. The lowest BCUT2D eigenvalue weighted by Gasteiger charge is -2.09. The second-order valence-corrected chi connectivity index (χ2v) is 5.95. The van der Waals surface area contributed by atoms with Crippen molar-refractivity contribution in [2.45, 2.75) is 20.3 Å². The minimum atomic E-state index is -0.0591. The van der Waals surface area contributed by atoms with E-state index in [0.717, 1.165) is 5.56 Å². The van der Waals surface area contributed by atoms with Gasteiger partial charge in [0.05, 0.1) is 21.6 Å². The topological polar surface area (TPSA) is 29.1 Å². The van der Waals surface area contributed by atoms with Crippen LogP contribution in [0.4, 0.5) is 5.69 Å². The molecule has 104 valence electrons. The lowest BCUT2D eigenvalue weighted by molar-refractivity contribution is -0.115. The van der Waals surface area contributed by atoms with E-state index in [9.17, 15) is 4.79 Å². The zero-order valence-corrected chi connectivity index (χ0v) is 13.7. The number of anilines is 1. The second kappa shape index (κ2) is 6.42. The summed E-state index contributed by atoms with van der Waals surface area (Å²) in [6, 6.07) is 11.4. The van der Waals surface area contributed by atoms with Gasteiger partial charge in [-0.15, -0.1) is 0 Å². The Morgan fingerprint density at radius 1 is 1.20 bits per heavy atom. The van der Waals surface area contributed by atoms with Crippen LogP contribution in [0.15, 0.2) is 40.9 Å². The summed E-state index contributed by atoms with van der Waals surface area (Å²) in [5.41, 5.74) is 4.11. The number of carbonyl (C=O) groups is 1. The molecule has 0 saturated carbocycles. The van der Waals surface area contributed by atoms with E-state index in [2.05, 4.69) is 28.2 Å². The van der Waals surface area contributed by atoms with Crippen molar-refractivity contribution in [2.24, 2.45) is 0 Å². The quantitative estimate of drug-likeness (QED) is 0.836. The number of hydrogen-bond donors (Lipinski definition) is 1. The third-order valence-electron chi connectivity index (χ3n) is 3.16.